The number of amides is 2. The van der Waals surface area contributed by atoms with Gasteiger partial charge in [0.25, 0.3) is 0 Å². The summed E-state index contributed by atoms with van der Waals surface area (Å²) in [6, 6.07) is 12.4. The van der Waals surface area contributed by atoms with Crippen LogP contribution in [0.3, 0.4) is 0 Å². The zero-order chi connectivity index (χ0) is 20.5. The Morgan fingerprint density at radius 3 is 2.72 bits per heavy atom. The SMILES string of the molecule is Cc1c(F)cc(C(N)=O)cc1NC(=O)[C@H]1CCn2c(cnc2-c2ccccc2)C1. The molecule has 3 aromatic rings. The van der Waals surface area contributed by atoms with E-state index in [1.807, 2.05) is 30.3 Å². The maximum absolute atomic E-state index is 14.1. The number of hydrogen-bond acceptors (Lipinski definition) is 3. The van der Waals surface area contributed by atoms with Crippen LogP contribution in [0.5, 0.6) is 0 Å². The maximum atomic E-state index is 14.1. The van der Waals surface area contributed by atoms with Gasteiger partial charge in [-0.25, -0.2) is 9.37 Å². The van der Waals surface area contributed by atoms with Crippen LogP contribution in [0.2, 0.25) is 0 Å². The van der Waals surface area contributed by atoms with E-state index in [4.69, 9.17) is 5.73 Å². The van der Waals surface area contributed by atoms with Crippen LogP contribution in [0.15, 0.2) is 48.7 Å². The highest BCUT2D eigenvalue weighted by molar-refractivity contribution is 5.97. The molecule has 7 heteroatoms. The lowest BCUT2D eigenvalue weighted by atomic mass is 9.94. The van der Waals surface area contributed by atoms with E-state index in [9.17, 15) is 14.0 Å². The Bertz CT molecular complexity index is 1090. The van der Waals surface area contributed by atoms with Gasteiger partial charge in [0.15, 0.2) is 0 Å². The van der Waals surface area contributed by atoms with Crippen molar-refractivity contribution < 1.29 is 14.0 Å². The third kappa shape index (κ3) is 3.63. The monoisotopic (exact) mass is 392 g/mol. The molecule has 1 aliphatic rings. The van der Waals surface area contributed by atoms with E-state index >= 15 is 0 Å². The van der Waals surface area contributed by atoms with Gasteiger partial charge >= 0.3 is 0 Å². The topological polar surface area (TPSA) is 90.0 Å². The van der Waals surface area contributed by atoms with Gasteiger partial charge in [0.1, 0.15) is 11.6 Å². The molecule has 2 heterocycles. The molecule has 3 N–H and O–H groups in total. The van der Waals surface area contributed by atoms with Crippen LogP contribution in [-0.4, -0.2) is 21.4 Å². The molecule has 0 saturated heterocycles. The molecule has 148 valence electrons. The van der Waals surface area contributed by atoms with Crippen molar-refractivity contribution in [1.29, 1.82) is 0 Å². The smallest absolute Gasteiger partial charge is 0.248 e. The highest BCUT2D eigenvalue weighted by Gasteiger charge is 2.27. The van der Waals surface area contributed by atoms with E-state index in [1.165, 1.54) is 6.07 Å². The van der Waals surface area contributed by atoms with Crippen LogP contribution in [0.1, 0.15) is 28.0 Å². The van der Waals surface area contributed by atoms with E-state index in [1.54, 1.807) is 13.1 Å². The Morgan fingerprint density at radius 2 is 2.00 bits per heavy atom. The van der Waals surface area contributed by atoms with E-state index in [2.05, 4.69) is 14.9 Å². The van der Waals surface area contributed by atoms with Gasteiger partial charge in [0.05, 0.1) is 0 Å². The number of nitrogens with zero attached hydrogens (tertiary/aromatic N) is 2. The van der Waals surface area contributed by atoms with Crippen LogP contribution in [0.25, 0.3) is 11.4 Å². The number of primary amides is 1. The van der Waals surface area contributed by atoms with E-state index in [0.717, 1.165) is 23.1 Å². The first kappa shape index (κ1) is 18.9. The molecular formula is C22H21FN4O2. The summed E-state index contributed by atoms with van der Waals surface area (Å²) in [6.07, 6.45) is 3.00. The molecule has 6 nitrogen and oxygen atoms in total. The summed E-state index contributed by atoms with van der Waals surface area (Å²) in [6.45, 7) is 2.23. The normalized spacial score (nSPS) is 15.6. The average molecular weight is 392 g/mol. The summed E-state index contributed by atoms with van der Waals surface area (Å²) in [5.74, 6) is -0.892. The van der Waals surface area contributed by atoms with Gasteiger partial charge in [0, 0.05) is 53.2 Å². The number of benzene rings is 2. The van der Waals surface area contributed by atoms with Crippen LogP contribution >= 0.6 is 0 Å². The van der Waals surface area contributed by atoms with Gasteiger partial charge in [-0.3, -0.25) is 9.59 Å². The number of fused-ring (bicyclic) bond motifs is 1. The largest absolute Gasteiger partial charge is 0.366 e. The number of halogens is 1. The van der Waals surface area contributed by atoms with E-state index < -0.39 is 11.7 Å². The zero-order valence-electron chi connectivity index (χ0n) is 16.0. The predicted molar refractivity (Wildman–Crippen MR) is 108 cm³/mol. The fourth-order valence-electron chi connectivity index (χ4n) is 3.69. The summed E-state index contributed by atoms with van der Waals surface area (Å²) in [5.41, 5.74) is 7.85. The molecule has 29 heavy (non-hydrogen) atoms. The van der Waals surface area contributed by atoms with Gasteiger partial charge < -0.3 is 15.6 Å². The van der Waals surface area contributed by atoms with Crippen LogP contribution < -0.4 is 11.1 Å². The fourth-order valence-corrected chi connectivity index (χ4v) is 3.69. The third-order valence-corrected chi connectivity index (χ3v) is 5.38. The predicted octanol–water partition coefficient (Wildman–Crippen LogP) is 3.30. The number of rotatable bonds is 4. The standard InChI is InChI=1S/C22H21FN4O2/c1-13-18(23)10-16(20(24)28)11-19(13)26-22(29)15-7-8-27-17(9-15)12-25-21(27)14-5-3-2-4-6-14/h2-6,10-12,15H,7-9H2,1H3,(H2,24,28)(H,26,29)/t15-/m0/s1. The third-order valence-electron chi connectivity index (χ3n) is 5.38. The molecule has 0 radical (unpaired) electrons. The maximum Gasteiger partial charge on any atom is 0.248 e. The minimum absolute atomic E-state index is 0.0256. The van der Waals surface area contributed by atoms with Gasteiger partial charge in [0.2, 0.25) is 11.8 Å². The Hall–Kier alpha value is -3.48. The first-order valence-electron chi connectivity index (χ1n) is 9.44. The molecule has 1 aromatic heterocycles. The van der Waals surface area contributed by atoms with Crippen molar-refractivity contribution in [3.8, 4) is 11.4 Å². The second kappa shape index (κ2) is 7.50. The molecule has 0 bridgehead atoms. The number of anilines is 1. The molecule has 0 spiro atoms. The van der Waals surface area contributed by atoms with Gasteiger partial charge in [-0.15, -0.1) is 0 Å². The molecule has 0 unspecified atom stereocenters. The summed E-state index contributed by atoms with van der Waals surface area (Å²) < 4.78 is 16.2. The fraction of sp³-hybridized carbons (Fsp3) is 0.227. The number of carbonyl (C=O) groups is 2. The van der Waals surface area contributed by atoms with Crippen molar-refractivity contribution in [3.63, 3.8) is 0 Å². The van der Waals surface area contributed by atoms with E-state index in [0.29, 0.717) is 19.4 Å². The molecule has 4 rings (SSSR count). The van der Waals surface area contributed by atoms with E-state index in [-0.39, 0.29) is 28.6 Å². The molecule has 1 aliphatic heterocycles. The number of carbonyl (C=O) groups excluding carboxylic acids is 2. The summed E-state index contributed by atoms with van der Waals surface area (Å²) in [4.78, 5) is 28.7. The molecule has 1 atom stereocenters. The minimum atomic E-state index is -0.741. The van der Waals surface area contributed by atoms with Gasteiger partial charge in [-0.1, -0.05) is 30.3 Å². The second-order valence-corrected chi connectivity index (χ2v) is 7.26. The van der Waals surface area contributed by atoms with Crippen molar-refractivity contribution >= 4 is 17.5 Å². The number of imidazole rings is 1. The van der Waals surface area contributed by atoms with Crippen LogP contribution in [0, 0.1) is 18.7 Å². The van der Waals surface area contributed by atoms with Crippen molar-refractivity contribution in [2.45, 2.75) is 26.3 Å². The second-order valence-electron chi connectivity index (χ2n) is 7.26. The Balaban J connectivity index is 1.53. The average Bonchev–Trinajstić information content (AvgIpc) is 3.15. The van der Waals surface area contributed by atoms with Gasteiger partial charge in [-0.2, -0.15) is 0 Å². The lowest BCUT2D eigenvalue weighted by Crippen LogP contribution is -2.30. The van der Waals surface area contributed by atoms with Crippen molar-refractivity contribution in [2.24, 2.45) is 11.7 Å². The van der Waals surface area contributed by atoms with Crippen molar-refractivity contribution in [3.05, 3.63) is 71.3 Å². The quantitative estimate of drug-likeness (QED) is 0.714. The summed E-state index contributed by atoms with van der Waals surface area (Å²) in [5, 5.41) is 2.77. The Morgan fingerprint density at radius 1 is 1.24 bits per heavy atom. The number of nitrogens with two attached hydrogens (primary N) is 1. The number of nitrogens with one attached hydrogen (secondary N) is 1. The highest BCUT2D eigenvalue weighted by Crippen LogP contribution is 2.29. The molecule has 0 aliphatic carbocycles. The Labute approximate surface area is 167 Å². The number of hydrogen-bond donors (Lipinski definition) is 2. The lowest BCUT2D eigenvalue weighted by molar-refractivity contribution is -0.120. The first-order valence-corrected chi connectivity index (χ1v) is 9.44. The molecular weight excluding hydrogens is 371 g/mol. The van der Waals surface area contributed by atoms with Crippen LogP contribution in [0.4, 0.5) is 10.1 Å². The molecule has 0 saturated carbocycles. The minimum Gasteiger partial charge on any atom is -0.366 e. The number of aromatic nitrogens is 2. The zero-order valence-corrected chi connectivity index (χ0v) is 16.0. The highest BCUT2D eigenvalue weighted by atomic mass is 19.1. The molecule has 0 fully saturated rings. The van der Waals surface area contributed by atoms with Gasteiger partial charge in [-0.05, 0) is 25.5 Å². The summed E-state index contributed by atoms with van der Waals surface area (Å²) in [7, 11) is 0. The molecule has 2 amide bonds. The molecule has 2 aromatic carbocycles. The Kier molecular flexibility index (Phi) is 4.88. The van der Waals surface area contributed by atoms with Crippen molar-refractivity contribution in [1.82, 2.24) is 9.55 Å². The first-order chi connectivity index (χ1) is 13.9. The van der Waals surface area contributed by atoms with Crippen LogP contribution in [-0.2, 0) is 17.8 Å². The van der Waals surface area contributed by atoms with Crippen molar-refractivity contribution in [2.75, 3.05) is 5.32 Å². The lowest BCUT2D eigenvalue weighted by Gasteiger charge is -2.24. The summed E-state index contributed by atoms with van der Waals surface area (Å²) >= 11 is 0.